The smallest absolute Gasteiger partial charge is 0.253 e. The Morgan fingerprint density at radius 3 is 2.62 bits per heavy atom. The Morgan fingerprint density at radius 1 is 1.21 bits per heavy atom. The summed E-state index contributed by atoms with van der Waals surface area (Å²) in [4.78, 5) is 14.4. The Hall–Kier alpha value is -1.44. The Bertz CT molecular complexity index is 677. The number of hydrogen-bond acceptors (Lipinski definition) is 4. The highest BCUT2D eigenvalue weighted by molar-refractivity contribution is 7.90. The van der Waals surface area contributed by atoms with E-state index in [2.05, 4.69) is 0 Å². The Kier molecular flexibility index (Phi) is 5.22. The Balaban J connectivity index is 1.69. The summed E-state index contributed by atoms with van der Waals surface area (Å²) in [5.41, 5.74) is 0.661. The van der Waals surface area contributed by atoms with Gasteiger partial charge >= 0.3 is 0 Å². The van der Waals surface area contributed by atoms with E-state index in [1.54, 1.807) is 28.4 Å². The maximum absolute atomic E-state index is 12.7. The van der Waals surface area contributed by atoms with Gasteiger partial charge in [0.1, 0.15) is 0 Å². The molecule has 0 bridgehead atoms. The minimum Gasteiger partial charge on any atom is -0.383 e. The van der Waals surface area contributed by atoms with Crippen molar-refractivity contribution < 1.29 is 17.9 Å². The first-order valence-corrected chi connectivity index (χ1v) is 9.86. The third-order valence-corrected chi connectivity index (χ3v) is 7.45. The van der Waals surface area contributed by atoms with Crippen LogP contribution in [0.1, 0.15) is 23.2 Å². The molecule has 0 spiro atoms. The summed E-state index contributed by atoms with van der Waals surface area (Å²) in [6, 6.07) is 9.18. The maximum Gasteiger partial charge on any atom is 0.253 e. The fourth-order valence-corrected chi connectivity index (χ4v) is 5.90. The number of rotatable bonds is 4. The SMILES string of the molecule is COCCN1C[C@@H]2CCN(C(=O)c3ccccc3)CC[C@@H]2S1(=O)=O. The van der Waals surface area contributed by atoms with Gasteiger partial charge in [-0.15, -0.1) is 0 Å². The zero-order valence-corrected chi connectivity index (χ0v) is 14.7. The first-order valence-electron chi connectivity index (χ1n) is 8.36. The summed E-state index contributed by atoms with van der Waals surface area (Å²) in [5, 5.41) is -0.372. The van der Waals surface area contributed by atoms with Crippen LogP contribution in [0.15, 0.2) is 30.3 Å². The largest absolute Gasteiger partial charge is 0.383 e. The van der Waals surface area contributed by atoms with Crippen LogP contribution >= 0.6 is 0 Å². The number of amides is 1. The van der Waals surface area contributed by atoms with Crippen LogP contribution < -0.4 is 0 Å². The summed E-state index contributed by atoms with van der Waals surface area (Å²) >= 11 is 0. The van der Waals surface area contributed by atoms with E-state index >= 15 is 0 Å². The van der Waals surface area contributed by atoms with Gasteiger partial charge in [-0.3, -0.25) is 4.79 Å². The third kappa shape index (κ3) is 3.34. The minimum atomic E-state index is -3.28. The molecule has 132 valence electrons. The van der Waals surface area contributed by atoms with Crippen molar-refractivity contribution in [3.05, 3.63) is 35.9 Å². The van der Waals surface area contributed by atoms with E-state index in [9.17, 15) is 13.2 Å². The van der Waals surface area contributed by atoms with Gasteiger partial charge in [0.15, 0.2) is 0 Å². The van der Waals surface area contributed by atoms with Gasteiger partial charge in [-0.25, -0.2) is 8.42 Å². The molecule has 2 aliphatic heterocycles. The molecular formula is C17H24N2O4S. The standard InChI is InChI=1S/C17H24N2O4S/c1-23-12-11-19-13-15-7-9-18(10-8-16(15)24(19,21)22)17(20)14-5-3-2-4-6-14/h2-6,15-16H,7-13H2,1H3/t15-,16-/m0/s1. The predicted molar refractivity (Wildman–Crippen MR) is 91.2 cm³/mol. The van der Waals surface area contributed by atoms with Gasteiger partial charge in [0.05, 0.1) is 11.9 Å². The van der Waals surface area contributed by atoms with Crippen LogP contribution in [0.25, 0.3) is 0 Å². The van der Waals surface area contributed by atoms with Crippen molar-refractivity contribution in [2.75, 3.05) is 39.9 Å². The monoisotopic (exact) mass is 352 g/mol. The van der Waals surface area contributed by atoms with Gasteiger partial charge < -0.3 is 9.64 Å². The molecule has 0 aromatic heterocycles. The zero-order chi connectivity index (χ0) is 17.2. The van der Waals surface area contributed by atoms with Crippen LogP contribution in [0.3, 0.4) is 0 Å². The second-order valence-corrected chi connectivity index (χ2v) is 8.58. The molecule has 1 amide bonds. The molecule has 2 saturated heterocycles. The number of methoxy groups -OCH3 is 1. The van der Waals surface area contributed by atoms with Gasteiger partial charge in [0, 0.05) is 38.9 Å². The van der Waals surface area contributed by atoms with Gasteiger partial charge in [-0.2, -0.15) is 4.31 Å². The molecule has 1 aromatic carbocycles. The van der Waals surface area contributed by atoms with E-state index in [1.165, 1.54) is 0 Å². The normalized spacial score (nSPS) is 26.8. The Morgan fingerprint density at radius 2 is 1.92 bits per heavy atom. The molecule has 0 unspecified atom stereocenters. The fraction of sp³-hybridized carbons (Fsp3) is 0.588. The molecule has 3 rings (SSSR count). The second-order valence-electron chi connectivity index (χ2n) is 6.43. The molecule has 2 fully saturated rings. The molecule has 2 aliphatic rings. The van der Waals surface area contributed by atoms with E-state index in [4.69, 9.17) is 4.74 Å². The number of sulfonamides is 1. The second kappa shape index (κ2) is 7.21. The lowest BCUT2D eigenvalue weighted by Gasteiger charge is -2.22. The van der Waals surface area contributed by atoms with Crippen LogP contribution in [-0.2, 0) is 14.8 Å². The lowest BCUT2D eigenvalue weighted by atomic mass is 10.0. The number of ether oxygens (including phenoxy) is 1. The highest BCUT2D eigenvalue weighted by Gasteiger charge is 2.46. The number of fused-ring (bicyclic) bond motifs is 1. The topological polar surface area (TPSA) is 66.9 Å². The van der Waals surface area contributed by atoms with Crippen molar-refractivity contribution in [1.82, 2.24) is 9.21 Å². The minimum absolute atomic E-state index is 0.00999. The van der Waals surface area contributed by atoms with Crippen molar-refractivity contribution in [3.63, 3.8) is 0 Å². The number of nitrogens with zero attached hydrogens (tertiary/aromatic N) is 2. The van der Waals surface area contributed by atoms with Crippen molar-refractivity contribution in [2.45, 2.75) is 18.1 Å². The predicted octanol–water partition coefficient (Wildman–Crippen LogP) is 1.20. The number of carbonyl (C=O) groups is 1. The van der Waals surface area contributed by atoms with E-state index in [-0.39, 0.29) is 17.1 Å². The highest BCUT2D eigenvalue weighted by atomic mass is 32.2. The van der Waals surface area contributed by atoms with Crippen LogP contribution in [-0.4, -0.2) is 68.7 Å². The van der Waals surface area contributed by atoms with Crippen LogP contribution in [0.4, 0.5) is 0 Å². The summed E-state index contributed by atoms with van der Waals surface area (Å²) in [6.45, 7) is 2.48. The lowest BCUT2D eigenvalue weighted by Crippen LogP contribution is -2.35. The molecular weight excluding hydrogens is 328 g/mol. The molecule has 0 N–H and O–H groups in total. The average molecular weight is 352 g/mol. The number of carbonyl (C=O) groups excluding carboxylic acids is 1. The van der Waals surface area contributed by atoms with Crippen LogP contribution in [0, 0.1) is 5.92 Å². The van der Waals surface area contributed by atoms with E-state index in [1.807, 2.05) is 18.2 Å². The third-order valence-electron chi connectivity index (χ3n) is 5.01. The zero-order valence-electron chi connectivity index (χ0n) is 13.9. The van der Waals surface area contributed by atoms with Crippen LogP contribution in [0.2, 0.25) is 0 Å². The molecule has 0 radical (unpaired) electrons. The Labute approximate surface area is 143 Å². The number of benzene rings is 1. The molecule has 2 heterocycles. The molecule has 7 heteroatoms. The van der Waals surface area contributed by atoms with Gasteiger partial charge in [0.25, 0.3) is 5.91 Å². The maximum atomic E-state index is 12.7. The lowest BCUT2D eigenvalue weighted by molar-refractivity contribution is 0.0759. The average Bonchev–Trinajstić information content (AvgIpc) is 2.74. The van der Waals surface area contributed by atoms with Crippen molar-refractivity contribution in [1.29, 1.82) is 0 Å². The van der Waals surface area contributed by atoms with E-state index < -0.39 is 10.0 Å². The molecule has 0 saturated carbocycles. The van der Waals surface area contributed by atoms with Gasteiger partial charge in [-0.1, -0.05) is 18.2 Å². The first-order chi connectivity index (χ1) is 11.5. The molecule has 2 atom stereocenters. The summed E-state index contributed by atoms with van der Waals surface area (Å²) < 4.78 is 32.0. The van der Waals surface area contributed by atoms with Crippen LogP contribution in [0.5, 0.6) is 0 Å². The van der Waals surface area contributed by atoms with Crippen molar-refractivity contribution in [2.24, 2.45) is 5.92 Å². The first kappa shape index (κ1) is 17.4. The number of likely N-dealkylation sites (tertiary alicyclic amines) is 1. The summed E-state index contributed by atoms with van der Waals surface area (Å²) in [5.74, 6) is 0.0876. The molecule has 6 nitrogen and oxygen atoms in total. The van der Waals surface area contributed by atoms with E-state index in [0.717, 1.165) is 6.42 Å². The summed E-state index contributed by atoms with van der Waals surface area (Å²) in [7, 11) is -1.70. The quantitative estimate of drug-likeness (QED) is 0.817. The molecule has 24 heavy (non-hydrogen) atoms. The van der Waals surface area contributed by atoms with Crippen molar-refractivity contribution in [3.8, 4) is 0 Å². The van der Waals surface area contributed by atoms with Crippen molar-refractivity contribution >= 4 is 15.9 Å². The summed E-state index contributed by atoms with van der Waals surface area (Å²) in [6.07, 6.45) is 1.24. The highest BCUT2D eigenvalue weighted by Crippen LogP contribution is 2.34. The van der Waals surface area contributed by atoms with Gasteiger partial charge in [0.2, 0.25) is 10.0 Å². The molecule has 0 aliphatic carbocycles. The number of hydrogen-bond donors (Lipinski definition) is 0. The van der Waals surface area contributed by atoms with Gasteiger partial charge in [-0.05, 0) is 30.9 Å². The van der Waals surface area contributed by atoms with E-state index in [0.29, 0.717) is 44.8 Å². The fourth-order valence-electron chi connectivity index (χ4n) is 3.67. The molecule has 1 aromatic rings.